The number of non-ortho nitro benzene ring substituents is 1. The van der Waals surface area contributed by atoms with Crippen LogP contribution in [0, 0.1) is 21.7 Å². The van der Waals surface area contributed by atoms with Gasteiger partial charge in [0, 0.05) is 28.0 Å². The molecule has 0 saturated carbocycles. The van der Waals surface area contributed by atoms with Crippen LogP contribution in [-0.2, 0) is 0 Å². The van der Waals surface area contributed by atoms with Gasteiger partial charge in [-0.3, -0.25) is 16.0 Å². The highest BCUT2D eigenvalue weighted by molar-refractivity contribution is 7.99. The van der Waals surface area contributed by atoms with Crippen LogP contribution in [0.5, 0.6) is 0 Å². The van der Waals surface area contributed by atoms with Gasteiger partial charge in [-0.1, -0.05) is 11.8 Å². The quantitative estimate of drug-likeness (QED) is 0.514. The molecule has 0 atom stereocenters. The van der Waals surface area contributed by atoms with E-state index in [-0.39, 0.29) is 10.6 Å². The Kier molecular flexibility index (Phi) is 4.16. The van der Waals surface area contributed by atoms with Crippen molar-refractivity contribution in [1.82, 2.24) is 0 Å². The topological polar surface area (TPSA) is 81.2 Å². The fourth-order valence-electron chi connectivity index (χ4n) is 1.52. The molecule has 0 amide bonds. The van der Waals surface area contributed by atoms with Gasteiger partial charge in [-0.15, -0.1) is 0 Å². The second-order valence-corrected chi connectivity index (χ2v) is 4.91. The van der Waals surface area contributed by atoms with Gasteiger partial charge in [-0.05, 0) is 18.2 Å². The molecule has 0 aliphatic heterocycles. The molecule has 2 aromatic carbocycles. The maximum absolute atomic E-state index is 13.5. The Labute approximate surface area is 116 Å². The van der Waals surface area contributed by atoms with Crippen molar-refractivity contribution in [3.8, 4) is 0 Å². The van der Waals surface area contributed by atoms with E-state index in [9.17, 15) is 18.9 Å². The lowest BCUT2D eigenvalue weighted by Gasteiger charge is -2.06. The van der Waals surface area contributed by atoms with Crippen molar-refractivity contribution in [3.05, 3.63) is 58.1 Å². The Morgan fingerprint density at radius 3 is 2.55 bits per heavy atom. The van der Waals surface area contributed by atoms with Crippen LogP contribution >= 0.6 is 11.8 Å². The number of nitrogens with one attached hydrogen (secondary N) is 1. The third kappa shape index (κ3) is 3.22. The molecule has 0 saturated heterocycles. The summed E-state index contributed by atoms with van der Waals surface area (Å²) in [6.07, 6.45) is 0. The first-order chi connectivity index (χ1) is 9.49. The third-order valence-corrected chi connectivity index (χ3v) is 3.41. The lowest BCUT2D eigenvalue weighted by molar-refractivity contribution is -0.385. The van der Waals surface area contributed by atoms with Gasteiger partial charge in [0.15, 0.2) is 0 Å². The molecule has 2 aromatic rings. The lowest BCUT2D eigenvalue weighted by Crippen LogP contribution is -2.07. The summed E-state index contributed by atoms with van der Waals surface area (Å²) in [4.78, 5) is 10.8. The molecule has 104 valence electrons. The smallest absolute Gasteiger partial charge is 0.272 e. The van der Waals surface area contributed by atoms with Crippen molar-refractivity contribution in [1.29, 1.82) is 0 Å². The zero-order valence-corrected chi connectivity index (χ0v) is 10.8. The number of hydrogen-bond acceptors (Lipinski definition) is 5. The number of nitro benzene ring substituents is 1. The van der Waals surface area contributed by atoms with Gasteiger partial charge in [0.25, 0.3) is 5.69 Å². The fraction of sp³-hybridized carbons (Fsp3) is 0. The molecular formula is C12H9F2N3O2S. The molecule has 0 aromatic heterocycles. The molecular weight excluding hydrogens is 288 g/mol. The van der Waals surface area contributed by atoms with Crippen LogP contribution in [0.1, 0.15) is 0 Å². The van der Waals surface area contributed by atoms with Gasteiger partial charge >= 0.3 is 0 Å². The Morgan fingerprint density at radius 1 is 1.20 bits per heavy atom. The highest BCUT2D eigenvalue weighted by atomic mass is 32.2. The van der Waals surface area contributed by atoms with E-state index in [4.69, 9.17) is 5.84 Å². The van der Waals surface area contributed by atoms with E-state index < -0.39 is 16.6 Å². The zero-order valence-electron chi connectivity index (χ0n) is 9.97. The summed E-state index contributed by atoms with van der Waals surface area (Å²) in [7, 11) is 0. The second-order valence-electron chi connectivity index (χ2n) is 3.79. The number of nitrogens with zero attached hydrogens (tertiary/aromatic N) is 1. The van der Waals surface area contributed by atoms with Gasteiger partial charge in [-0.2, -0.15) is 0 Å². The van der Waals surface area contributed by atoms with Crippen LogP contribution in [0.2, 0.25) is 0 Å². The Hall–Kier alpha value is -2.19. The maximum Gasteiger partial charge on any atom is 0.272 e. The summed E-state index contributed by atoms with van der Waals surface area (Å²) in [5, 5.41) is 10.8. The van der Waals surface area contributed by atoms with Crippen LogP contribution in [0.15, 0.2) is 46.2 Å². The summed E-state index contributed by atoms with van der Waals surface area (Å²) < 4.78 is 26.4. The molecule has 0 unspecified atom stereocenters. The number of rotatable bonds is 4. The summed E-state index contributed by atoms with van der Waals surface area (Å²) in [5.74, 6) is 3.81. The van der Waals surface area contributed by atoms with E-state index in [1.807, 2.05) is 0 Å². The predicted octanol–water partition coefficient (Wildman–Crippen LogP) is 3.31. The van der Waals surface area contributed by atoms with Crippen LogP contribution < -0.4 is 11.3 Å². The van der Waals surface area contributed by atoms with E-state index in [1.165, 1.54) is 24.3 Å². The number of halogens is 2. The molecule has 20 heavy (non-hydrogen) atoms. The molecule has 0 aliphatic rings. The highest BCUT2D eigenvalue weighted by Crippen LogP contribution is 2.34. The molecule has 0 bridgehead atoms. The second kappa shape index (κ2) is 5.85. The molecule has 0 heterocycles. The summed E-state index contributed by atoms with van der Waals surface area (Å²) in [6.45, 7) is 0. The molecule has 0 spiro atoms. The normalized spacial score (nSPS) is 10.3. The monoisotopic (exact) mass is 297 g/mol. The van der Waals surface area contributed by atoms with Gasteiger partial charge in [0.1, 0.15) is 11.6 Å². The largest absolute Gasteiger partial charge is 0.324 e. The van der Waals surface area contributed by atoms with Crippen molar-refractivity contribution >= 4 is 23.1 Å². The minimum atomic E-state index is -0.733. The Morgan fingerprint density at radius 2 is 1.95 bits per heavy atom. The zero-order chi connectivity index (χ0) is 14.7. The molecule has 0 aliphatic carbocycles. The number of nitrogens with two attached hydrogens (primary N) is 1. The molecule has 3 N–H and O–H groups in total. The predicted molar refractivity (Wildman–Crippen MR) is 71.4 cm³/mol. The number of nitro groups is 1. The van der Waals surface area contributed by atoms with E-state index in [1.54, 1.807) is 0 Å². The Bertz CT molecular complexity index is 667. The summed E-state index contributed by atoms with van der Waals surface area (Å²) in [6, 6.07) is 7.20. The van der Waals surface area contributed by atoms with E-state index >= 15 is 0 Å². The Balaban J connectivity index is 2.37. The van der Waals surface area contributed by atoms with Gasteiger partial charge in [0.2, 0.25) is 0 Å². The first kappa shape index (κ1) is 14.2. The number of benzene rings is 2. The van der Waals surface area contributed by atoms with Gasteiger partial charge < -0.3 is 5.43 Å². The maximum atomic E-state index is 13.5. The molecule has 2 rings (SSSR count). The van der Waals surface area contributed by atoms with Crippen LogP contribution in [0.25, 0.3) is 0 Å². The van der Waals surface area contributed by atoms with Crippen molar-refractivity contribution in [3.63, 3.8) is 0 Å². The van der Waals surface area contributed by atoms with Crippen LogP contribution in [-0.4, -0.2) is 4.92 Å². The van der Waals surface area contributed by atoms with E-state index in [0.29, 0.717) is 10.6 Å². The number of nitrogen functional groups attached to an aromatic ring is 1. The standard InChI is InChI=1S/C12H9F2N3O2S/c13-7-1-2-12(11(14)3-7)20-10-5-8(16-15)4-9(6-10)17(18)19/h1-6,16H,15H2. The van der Waals surface area contributed by atoms with Gasteiger partial charge in [-0.25, -0.2) is 8.78 Å². The third-order valence-electron chi connectivity index (χ3n) is 2.39. The molecule has 8 heteroatoms. The average molecular weight is 297 g/mol. The minimum Gasteiger partial charge on any atom is -0.324 e. The first-order valence-corrected chi connectivity index (χ1v) is 6.20. The lowest BCUT2D eigenvalue weighted by atomic mass is 10.3. The molecule has 0 fully saturated rings. The van der Waals surface area contributed by atoms with Crippen molar-refractivity contribution < 1.29 is 13.7 Å². The highest BCUT2D eigenvalue weighted by Gasteiger charge is 2.12. The van der Waals surface area contributed by atoms with E-state index in [2.05, 4.69) is 5.43 Å². The van der Waals surface area contributed by atoms with Crippen molar-refractivity contribution in [2.45, 2.75) is 9.79 Å². The summed E-state index contributed by atoms with van der Waals surface area (Å²) >= 11 is 0.942. The fourth-order valence-corrected chi connectivity index (χ4v) is 2.43. The number of hydrazine groups is 1. The van der Waals surface area contributed by atoms with Gasteiger partial charge in [0.05, 0.1) is 10.6 Å². The van der Waals surface area contributed by atoms with E-state index in [0.717, 1.165) is 23.9 Å². The first-order valence-electron chi connectivity index (χ1n) is 5.38. The SMILES string of the molecule is NNc1cc(Sc2ccc(F)cc2F)cc([N+](=O)[O-])c1. The molecule has 0 radical (unpaired) electrons. The summed E-state index contributed by atoms with van der Waals surface area (Å²) in [5.41, 5.74) is 2.45. The number of hydrogen-bond donors (Lipinski definition) is 2. The van der Waals surface area contributed by atoms with Crippen molar-refractivity contribution in [2.75, 3.05) is 5.43 Å². The van der Waals surface area contributed by atoms with Crippen LogP contribution in [0.3, 0.4) is 0 Å². The minimum absolute atomic E-state index is 0.162. The van der Waals surface area contributed by atoms with Crippen molar-refractivity contribution in [2.24, 2.45) is 5.84 Å². The van der Waals surface area contributed by atoms with Crippen LogP contribution in [0.4, 0.5) is 20.2 Å². The molecule has 5 nitrogen and oxygen atoms in total. The number of anilines is 1. The average Bonchev–Trinajstić information content (AvgIpc) is 2.41.